The van der Waals surface area contributed by atoms with Crippen molar-refractivity contribution in [2.75, 3.05) is 0 Å². The van der Waals surface area contributed by atoms with E-state index in [4.69, 9.17) is 11.0 Å². The summed E-state index contributed by atoms with van der Waals surface area (Å²) in [6.45, 7) is 5.78. The number of nitriles is 1. The normalized spacial score (nSPS) is 36.9. The SMILES string of the molecule is CC1(C)[C@H](C#N)CC[C@@]1(C)C(N)=O. The molecule has 1 aliphatic carbocycles. The quantitative estimate of drug-likeness (QED) is 0.663. The molecule has 0 aromatic heterocycles. The first-order valence-corrected chi connectivity index (χ1v) is 4.56. The van der Waals surface area contributed by atoms with Crippen molar-refractivity contribution in [2.45, 2.75) is 33.6 Å². The lowest BCUT2D eigenvalue weighted by Crippen LogP contribution is -2.44. The number of amides is 1. The van der Waals surface area contributed by atoms with E-state index in [-0.39, 0.29) is 17.2 Å². The molecule has 1 aliphatic rings. The van der Waals surface area contributed by atoms with E-state index in [2.05, 4.69) is 6.07 Å². The Balaban J connectivity index is 3.07. The van der Waals surface area contributed by atoms with Gasteiger partial charge in [0.15, 0.2) is 0 Å². The van der Waals surface area contributed by atoms with Gasteiger partial charge in [-0.3, -0.25) is 4.79 Å². The van der Waals surface area contributed by atoms with Crippen LogP contribution in [0.4, 0.5) is 0 Å². The Labute approximate surface area is 78.9 Å². The van der Waals surface area contributed by atoms with E-state index >= 15 is 0 Å². The highest BCUT2D eigenvalue weighted by Gasteiger charge is 2.55. The summed E-state index contributed by atoms with van der Waals surface area (Å²) in [7, 11) is 0. The zero-order chi connectivity index (χ0) is 10.3. The monoisotopic (exact) mass is 180 g/mol. The Kier molecular flexibility index (Phi) is 2.11. The highest BCUT2D eigenvalue weighted by atomic mass is 16.1. The molecule has 0 aromatic carbocycles. The van der Waals surface area contributed by atoms with Gasteiger partial charge < -0.3 is 5.73 Å². The third kappa shape index (κ3) is 1.13. The molecule has 0 radical (unpaired) electrons. The molecular weight excluding hydrogens is 164 g/mol. The summed E-state index contributed by atoms with van der Waals surface area (Å²) in [5.41, 5.74) is 4.56. The Bertz CT molecular complexity index is 277. The number of nitrogens with zero attached hydrogens (tertiary/aromatic N) is 1. The van der Waals surface area contributed by atoms with Crippen LogP contribution < -0.4 is 5.73 Å². The van der Waals surface area contributed by atoms with Crippen LogP contribution in [0.5, 0.6) is 0 Å². The fourth-order valence-electron chi connectivity index (χ4n) is 2.17. The average molecular weight is 180 g/mol. The standard InChI is InChI=1S/C10H16N2O/c1-9(2)7(6-11)4-5-10(9,3)8(12)13/h7H,4-5H2,1-3H3,(H2,12,13)/t7-,10-/m0/s1. The Morgan fingerprint density at radius 2 is 2.08 bits per heavy atom. The van der Waals surface area contributed by atoms with Gasteiger partial charge in [0, 0.05) is 0 Å². The van der Waals surface area contributed by atoms with Crippen LogP contribution in [0.25, 0.3) is 0 Å². The molecule has 0 bridgehead atoms. The molecule has 1 amide bonds. The van der Waals surface area contributed by atoms with E-state index in [0.29, 0.717) is 0 Å². The molecule has 0 aromatic rings. The second kappa shape index (κ2) is 2.73. The average Bonchev–Trinajstić information content (AvgIpc) is 2.25. The van der Waals surface area contributed by atoms with E-state index < -0.39 is 5.41 Å². The topological polar surface area (TPSA) is 66.9 Å². The third-order valence-electron chi connectivity index (χ3n) is 3.93. The summed E-state index contributed by atoms with van der Waals surface area (Å²) in [5, 5.41) is 8.91. The van der Waals surface area contributed by atoms with Crippen molar-refractivity contribution in [2.24, 2.45) is 22.5 Å². The second-order valence-corrected chi connectivity index (χ2v) is 4.64. The van der Waals surface area contributed by atoms with Crippen molar-refractivity contribution in [3.63, 3.8) is 0 Å². The number of carbonyl (C=O) groups is 1. The van der Waals surface area contributed by atoms with Crippen molar-refractivity contribution < 1.29 is 4.79 Å². The van der Waals surface area contributed by atoms with Crippen molar-refractivity contribution in [1.29, 1.82) is 5.26 Å². The largest absolute Gasteiger partial charge is 0.369 e. The molecule has 0 aliphatic heterocycles. The predicted octanol–water partition coefficient (Wildman–Crippen LogP) is 1.44. The number of hydrogen-bond acceptors (Lipinski definition) is 2. The van der Waals surface area contributed by atoms with Crippen LogP contribution in [0.15, 0.2) is 0 Å². The molecule has 0 heterocycles. The zero-order valence-corrected chi connectivity index (χ0v) is 8.42. The first-order chi connectivity index (χ1) is 5.86. The van der Waals surface area contributed by atoms with Crippen LogP contribution in [0.2, 0.25) is 0 Å². The molecule has 13 heavy (non-hydrogen) atoms. The molecule has 0 unspecified atom stereocenters. The van der Waals surface area contributed by atoms with Gasteiger partial charge in [0.1, 0.15) is 0 Å². The Morgan fingerprint density at radius 3 is 2.31 bits per heavy atom. The highest BCUT2D eigenvalue weighted by molar-refractivity contribution is 5.81. The van der Waals surface area contributed by atoms with Crippen molar-refractivity contribution in [1.82, 2.24) is 0 Å². The summed E-state index contributed by atoms with van der Waals surface area (Å²) < 4.78 is 0. The molecule has 1 fully saturated rings. The first kappa shape index (κ1) is 10.0. The van der Waals surface area contributed by atoms with Gasteiger partial charge in [-0.1, -0.05) is 20.8 Å². The van der Waals surface area contributed by atoms with Gasteiger partial charge in [0.2, 0.25) is 5.91 Å². The van der Waals surface area contributed by atoms with Crippen LogP contribution in [0.1, 0.15) is 33.6 Å². The second-order valence-electron chi connectivity index (χ2n) is 4.64. The molecule has 2 atom stereocenters. The third-order valence-corrected chi connectivity index (χ3v) is 3.93. The van der Waals surface area contributed by atoms with Crippen LogP contribution in [0.3, 0.4) is 0 Å². The van der Waals surface area contributed by atoms with Gasteiger partial charge in [-0.15, -0.1) is 0 Å². The van der Waals surface area contributed by atoms with Gasteiger partial charge in [-0.2, -0.15) is 5.26 Å². The van der Waals surface area contributed by atoms with Crippen molar-refractivity contribution in [3.05, 3.63) is 0 Å². The number of rotatable bonds is 1. The Hall–Kier alpha value is -1.04. The van der Waals surface area contributed by atoms with Crippen LogP contribution in [-0.4, -0.2) is 5.91 Å². The van der Waals surface area contributed by atoms with E-state index in [0.717, 1.165) is 12.8 Å². The van der Waals surface area contributed by atoms with Crippen LogP contribution in [0, 0.1) is 28.1 Å². The summed E-state index contributed by atoms with van der Waals surface area (Å²) >= 11 is 0. The fourth-order valence-corrected chi connectivity index (χ4v) is 2.17. The molecule has 2 N–H and O–H groups in total. The maximum absolute atomic E-state index is 11.3. The molecule has 1 rings (SSSR count). The van der Waals surface area contributed by atoms with E-state index in [1.807, 2.05) is 20.8 Å². The lowest BCUT2D eigenvalue weighted by atomic mass is 9.65. The number of primary amides is 1. The lowest BCUT2D eigenvalue weighted by Gasteiger charge is -2.36. The molecule has 1 saturated carbocycles. The smallest absolute Gasteiger partial charge is 0.223 e. The lowest BCUT2D eigenvalue weighted by molar-refractivity contribution is -0.132. The number of hydrogen-bond donors (Lipinski definition) is 1. The minimum Gasteiger partial charge on any atom is -0.369 e. The summed E-state index contributed by atoms with van der Waals surface area (Å²) in [5.74, 6) is -0.333. The summed E-state index contributed by atoms with van der Waals surface area (Å²) in [6, 6.07) is 2.26. The molecule has 3 nitrogen and oxygen atoms in total. The number of nitrogens with two attached hydrogens (primary N) is 1. The van der Waals surface area contributed by atoms with Crippen LogP contribution >= 0.6 is 0 Å². The summed E-state index contributed by atoms with van der Waals surface area (Å²) in [4.78, 5) is 11.3. The van der Waals surface area contributed by atoms with Crippen molar-refractivity contribution in [3.8, 4) is 6.07 Å². The minimum absolute atomic E-state index is 0.0509. The predicted molar refractivity (Wildman–Crippen MR) is 49.4 cm³/mol. The Morgan fingerprint density at radius 1 is 1.54 bits per heavy atom. The first-order valence-electron chi connectivity index (χ1n) is 4.56. The number of carbonyl (C=O) groups excluding carboxylic acids is 1. The highest BCUT2D eigenvalue weighted by Crippen LogP contribution is 2.55. The van der Waals surface area contributed by atoms with Gasteiger partial charge in [-0.05, 0) is 18.3 Å². The maximum atomic E-state index is 11.3. The molecule has 0 spiro atoms. The summed E-state index contributed by atoms with van der Waals surface area (Å²) in [6.07, 6.45) is 1.51. The van der Waals surface area contributed by atoms with E-state index in [9.17, 15) is 4.79 Å². The van der Waals surface area contributed by atoms with Gasteiger partial charge >= 0.3 is 0 Å². The van der Waals surface area contributed by atoms with Crippen LogP contribution in [-0.2, 0) is 4.79 Å². The maximum Gasteiger partial charge on any atom is 0.223 e. The van der Waals surface area contributed by atoms with Gasteiger partial charge in [-0.25, -0.2) is 0 Å². The van der Waals surface area contributed by atoms with E-state index in [1.165, 1.54) is 0 Å². The van der Waals surface area contributed by atoms with E-state index in [1.54, 1.807) is 0 Å². The fraction of sp³-hybridized carbons (Fsp3) is 0.800. The van der Waals surface area contributed by atoms with Crippen molar-refractivity contribution >= 4 is 5.91 Å². The molecule has 0 saturated heterocycles. The minimum atomic E-state index is -0.520. The van der Waals surface area contributed by atoms with Gasteiger partial charge in [0.25, 0.3) is 0 Å². The molecular formula is C10H16N2O. The zero-order valence-electron chi connectivity index (χ0n) is 8.42. The molecule has 3 heteroatoms. The molecule has 72 valence electrons. The van der Waals surface area contributed by atoms with Gasteiger partial charge in [0.05, 0.1) is 17.4 Å².